The van der Waals surface area contributed by atoms with Crippen LogP contribution in [-0.4, -0.2) is 30.9 Å². The highest BCUT2D eigenvalue weighted by molar-refractivity contribution is 7.07. The largest absolute Gasteiger partial charge is 0.497 e. The topological polar surface area (TPSA) is 79.1 Å². The molecule has 182 valence electrons. The highest BCUT2D eigenvalue weighted by Crippen LogP contribution is 2.31. The van der Waals surface area contributed by atoms with Crippen molar-refractivity contribution in [2.75, 3.05) is 20.3 Å². The van der Waals surface area contributed by atoms with Crippen LogP contribution in [0.1, 0.15) is 44.4 Å². The Balaban J connectivity index is 1.87. The second kappa shape index (κ2) is 10.7. The minimum atomic E-state index is -0.655. The molecule has 8 heteroatoms. The van der Waals surface area contributed by atoms with E-state index in [1.807, 2.05) is 54.6 Å². The van der Waals surface area contributed by atoms with Crippen LogP contribution in [0.3, 0.4) is 0 Å². The van der Waals surface area contributed by atoms with E-state index in [0.29, 0.717) is 33.0 Å². The van der Waals surface area contributed by atoms with E-state index in [2.05, 4.69) is 11.9 Å². The Morgan fingerprint density at radius 2 is 1.91 bits per heavy atom. The summed E-state index contributed by atoms with van der Waals surface area (Å²) in [6.07, 6.45) is 2.74. The van der Waals surface area contributed by atoms with Crippen LogP contribution in [0.25, 0.3) is 6.08 Å². The molecule has 7 nitrogen and oxygen atoms in total. The number of ether oxygens (including phenoxy) is 3. The van der Waals surface area contributed by atoms with E-state index in [1.165, 1.54) is 11.3 Å². The first-order chi connectivity index (χ1) is 17.0. The van der Waals surface area contributed by atoms with Gasteiger partial charge in [-0.05, 0) is 61.7 Å². The third-order valence-corrected chi connectivity index (χ3v) is 6.56. The smallest absolute Gasteiger partial charge is 0.338 e. The number of thiazole rings is 1. The van der Waals surface area contributed by atoms with E-state index >= 15 is 0 Å². The summed E-state index contributed by atoms with van der Waals surface area (Å²) in [5.74, 6) is 0.958. The predicted molar refractivity (Wildman–Crippen MR) is 136 cm³/mol. The first-order valence-corrected chi connectivity index (χ1v) is 12.3. The maximum Gasteiger partial charge on any atom is 0.338 e. The molecule has 3 aromatic rings. The first-order valence-electron chi connectivity index (χ1n) is 11.5. The Kier molecular flexibility index (Phi) is 7.51. The summed E-state index contributed by atoms with van der Waals surface area (Å²) < 4.78 is 18.4. The van der Waals surface area contributed by atoms with E-state index in [0.717, 1.165) is 23.3 Å². The van der Waals surface area contributed by atoms with E-state index in [4.69, 9.17) is 14.2 Å². The van der Waals surface area contributed by atoms with Gasteiger partial charge in [0, 0.05) is 0 Å². The van der Waals surface area contributed by atoms with Crippen LogP contribution in [-0.2, 0) is 9.53 Å². The molecule has 1 aromatic heterocycles. The van der Waals surface area contributed by atoms with Crippen molar-refractivity contribution < 1.29 is 19.0 Å². The van der Waals surface area contributed by atoms with Crippen molar-refractivity contribution in [3.63, 3.8) is 0 Å². The maximum atomic E-state index is 13.7. The average Bonchev–Trinajstić information content (AvgIpc) is 3.16. The molecule has 35 heavy (non-hydrogen) atoms. The van der Waals surface area contributed by atoms with Gasteiger partial charge in [0.1, 0.15) is 11.5 Å². The van der Waals surface area contributed by atoms with Gasteiger partial charge < -0.3 is 14.2 Å². The third kappa shape index (κ3) is 5.07. The summed E-state index contributed by atoms with van der Waals surface area (Å²) in [6.45, 7) is 6.43. The molecule has 0 spiro atoms. The predicted octanol–water partition coefficient (Wildman–Crippen LogP) is 3.60. The van der Waals surface area contributed by atoms with E-state index in [1.54, 1.807) is 25.5 Å². The Morgan fingerprint density at radius 1 is 1.14 bits per heavy atom. The number of methoxy groups -OCH3 is 1. The highest BCUT2D eigenvalue weighted by atomic mass is 32.1. The zero-order valence-electron chi connectivity index (χ0n) is 20.2. The summed E-state index contributed by atoms with van der Waals surface area (Å²) in [5.41, 5.74) is 2.29. The fraction of sp³-hybridized carbons (Fsp3) is 0.296. The number of nitrogens with zero attached hydrogens (tertiary/aromatic N) is 2. The van der Waals surface area contributed by atoms with E-state index in [-0.39, 0.29) is 12.2 Å². The van der Waals surface area contributed by atoms with E-state index in [9.17, 15) is 9.59 Å². The van der Waals surface area contributed by atoms with Gasteiger partial charge in [-0.15, -0.1) is 0 Å². The van der Waals surface area contributed by atoms with Crippen LogP contribution in [0.5, 0.6) is 11.5 Å². The molecule has 2 heterocycles. The van der Waals surface area contributed by atoms with Crippen molar-refractivity contribution in [3.05, 3.63) is 90.6 Å². The number of esters is 1. The molecular weight excluding hydrogens is 464 g/mol. The number of rotatable bonds is 8. The Morgan fingerprint density at radius 3 is 2.60 bits per heavy atom. The molecular formula is C27H28N2O5S. The van der Waals surface area contributed by atoms with Crippen molar-refractivity contribution in [2.24, 2.45) is 4.99 Å². The monoisotopic (exact) mass is 492 g/mol. The number of hydrogen-bond acceptors (Lipinski definition) is 7. The Hall–Kier alpha value is -3.65. The Labute approximate surface area is 207 Å². The van der Waals surface area contributed by atoms with Gasteiger partial charge in [-0.3, -0.25) is 9.36 Å². The lowest BCUT2D eigenvalue weighted by atomic mass is 9.96. The molecule has 2 aromatic carbocycles. The number of carbonyl (C=O) groups is 1. The van der Waals surface area contributed by atoms with Gasteiger partial charge in [-0.1, -0.05) is 42.5 Å². The van der Waals surface area contributed by atoms with Crippen molar-refractivity contribution >= 4 is 23.4 Å². The number of fused-ring (bicyclic) bond motifs is 1. The van der Waals surface area contributed by atoms with E-state index < -0.39 is 12.0 Å². The van der Waals surface area contributed by atoms with Crippen molar-refractivity contribution in [1.29, 1.82) is 0 Å². The van der Waals surface area contributed by atoms with Crippen molar-refractivity contribution in [1.82, 2.24) is 4.57 Å². The lowest BCUT2D eigenvalue weighted by Gasteiger charge is -2.24. The summed E-state index contributed by atoms with van der Waals surface area (Å²) in [5, 5.41) is 0. The molecule has 0 saturated carbocycles. The lowest BCUT2D eigenvalue weighted by Crippen LogP contribution is -2.39. The number of aromatic nitrogens is 1. The van der Waals surface area contributed by atoms with Crippen LogP contribution >= 0.6 is 11.3 Å². The number of benzene rings is 2. The number of carbonyl (C=O) groups excluding carboxylic acids is 1. The maximum absolute atomic E-state index is 13.7. The summed E-state index contributed by atoms with van der Waals surface area (Å²) >= 11 is 1.29. The zero-order valence-corrected chi connectivity index (χ0v) is 21.1. The molecule has 1 aliphatic rings. The SMILES string of the molecule is CCCOc1cccc(/C=c2\sc3n(c2=O)C(c2ccc(OC)cc2)C(C(=O)OCC)=C(C)N=3)c1. The van der Waals surface area contributed by atoms with Crippen LogP contribution in [0, 0.1) is 0 Å². The second-order valence-corrected chi connectivity index (χ2v) is 9.01. The van der Waals surface area contributed by atoms with Crippen LogP contribution in [0.4, 0.5) is 0 Å². The van der Waals surface area contributed by atoms with Gasteiger partial charge >= 0.3 is 5.97 Å². The van der Waals surface area contributed by atoms with Gasteiger partial charge in [0.2, 0.25) is 0 Å². The Bertz CT molecular complexity index is 1430. The number of hydrogen-bond donors (Lipinski definition) is 0. The van der Waals surface area contributed by atoms with Crippen molar-refractivity contribution in [2.45, 2.75) is 33.2 Å². The van der Waals surface area contributed by atoms with Crippen molar-refractivity contribution in [3.8, 4) is 11.5 Å². The average molecular weight is 493 g/mol. The van der Waals surface area contributed by atoms with Gasteiger partial charge in [-0.25, -0.2) is 9.79 Å². The summed E-state index contributed by atoms with van der Waals surface area (Å²) in [4.78, 5) is 31.8. The molecule has 0 aliphatic carbocycles. The number of allylic oxidation sites excluding steroid dienone is 1. The minimum absolute atomic E-state index is 0.219. The standard InChI is InChI=1S/C27H28N2O5S/c1-5-14-34-21-9-7-8-18(15-21)16-22-25(30)29-24(19-10-12-20(32-4)13-11-19)23(26(31)33-6-2)17(3)28-27(29)35-22/h7-13,15-16,24H,5-6,14H2,1-4H3/b22-16-. The van der Waals surface area contributed by atoms with Gasteiger partial charge in [0.15, 0.2) is 4.80 Å². The quantitative estimate of drug-likeness (QED) is 0.449. The molecule has 0 amide bonds. The molecule has 1 unspecified atom stereocenters. The molecule has 0 N–H and O–H groups in total. The summed E-state index contributed by atoms with van der Waals surface area (Å²) in [7, 11) is 1.59. The van der Waals surface area contributed by atoms with Crippen LogP contribution < -0.4 is 24.4 Å². The van der Waals surface area contributed by atoms with Gasteiger partial charge in [0.25, 0.3) is 5.56 Å². The normalized spacial score (nSPS) is 15.4. The molecule has 0 bridgehead atoms. The molecule has 0 radical (unpaired) electrons. The molecule has 0 saturated heterocycles. The fourth-order valence-electron chi connectivity index (χ4n) is 3.96. The second-order valence-electron chi connectivity index (χ2n) is 8.00. The van der Waals surface area contributed by atoms with Crippen LogP contribution in [0.15, 0.2) is 69.6 Å². The van der Waals surface area contributed by atoms with Gasteiger partial charge in [0.05, 0.1) is 42.2 Å². The first kappa shape index (κ1) is 24.5. The highest BCUT2D eigenvalue weighted by Gasteiger charge is 2.33. The fourth-order valence-corrected chi connectivity index (χ4v) is 5.01. The van der Waals surface area contributed by atoms with Crippen LogP contribution in [0.2, 0.25) is 0 Å². The molecule has 1 aliphatic heterocycles. The lowest BCUT2D eigenvalue weighted by molar-refractivity contribution is -0.139. The molecule has 4 rings (SSSR count). The molecule has 0 fully saturated rings. The molecule has 1 atom stereocenters. The zero-order chi connectivity index (χ0) is 24.9. The summed E-state index contributed by atoms with van der Waals surface area (Å²) in [6, 6.07) is 14.3. The third-order valence-electron chi connectivity index (χ3n) is 5.58. The van der Waals surface area contributed by atoms with Gasteiger partial charge in [-0.2, -0.15) is 0 Å². The minimum Gasteiger partial charge on any atom is -0.497 e.